The molecule has 0 amide bonds. The van der Waals surface area contributed by atoms with Gasteiger partial charge in [-0.3, -0.25) is 4.21 Å². The van der Waals surface area contributed by atoms with Gasteiger partial charge in [0, 0.05) is 21.5 Å². The average Bonchev–Trinajstić information content (AvgIpc) is 2.67. The van der Waals surface area contributed by atoms with Crippen LogP contribution < -0.4 is 0 Å². The van der Waals surface area contributed by atoms with Crippen molar-refractivity contribution in [2.75, 3.05) is 6.26 Å². The Kier molecular flexibility index (Phi) is 4.95. The smallest absolute Gasteiger partial charge is 0.0741 e. The first kappa shape index (κ1) is 18.2. The summed E-state index contributed by atoms with van der Waals surface area (Å²) in [6, 6.07) is 0.203. The van der Waals surface area contributed by atoms with Gasteiger partial charge in [0.25, 0.3) is 0 Å². The van der Waals surface area contributed by atoms with Gasteiger partial charge in [-0.25, -0.2) is 8.99 Å². The maximum absolute atomic E-state index is 12.5. The van der Waals surface area contributed by atoms with Gasteiger partial charge in [0.1, 0.15) is 0 Å². The number of nitrogens with zero attached hydrogens (tertiary/aromatic N) is 4. The number of aromatic nitrogens is 3. The van der Waals surface area contributed by atoms with Crippen LogP contribution in [0.25, 0.3) is 0 Å². The van der Waals surface area contributed by atoms with Crippen molar-refractivity contribution in [3.8, 4) is 0 Å². The Morgan fingerprint density at radius 1 is 1.33 bits per heavy atom. The van der Waals surface area contributed by atoms with E-state index < -0.39 is 9.71 Å². The van der Waals surface area contributed by atoms with Crippen LogP contribution >= 0.6 is 0 Å². The van der Waals surface area contributed by atoms with Crippen molar-refractivity contribution in [3.63, 3.8) is 0 Å². The molecule has 21 heavy (non-hydrogen) atoms. The average molecular weight is 314 g/mol. The Morgan fingerprint density at radius 3 is 2.24 bits per heavy atom. The number of rotatable bonds is 4. The van der Waals surface area contributed by atoms with Gasteiger partial charge in [-0.15, -0.1) is 5.10 Å². The summed E-state index contributed by atoms with van der Waals surface area (Å²) in [6.07, 6.45) is 3.44. The fourth-order valence-electron chi connectivity index (χ4n) is 2.17. The van der Waals surface area contributed by atoms with Gasteiger partial charge in [0.15, 0.2) is 0 Å². The highest BCUT2D eigenvalue weighted by Gasteiger charge is 2.30. The minimum Gasteiger partial charge on any atom is -0.253 e. The molecule has 2 unspecified atom stereocenters. The van der Waals surface area contributed by atoms with Gasteiger partial charge in [0.05, 0.1) is 24.5 Å². The first-order valence-corrected chi connectivity index (χ1v) is 9.33. The van der Waals surface area contributed by atoms with Crippen molar-refractivity contribution in [3.05, 3.63) is 11.9 Å². The molecule has 0 N–H and O–H groups in total. The predicted octanol–water partition coefficient (Wildman–Crippen LogP) is 2.75. The summed E-state index contributed by atoms with van der Waals surface area (Å²) in [5, 5.41) is 8.27. The molecule has 122 valence electrons. The quantitative estimate of drug-likeness (QED) is 0.803. The molecule has 0 saturated carbocycles. The molecular formula is C15H30N4OS. The van der Waals surface area contributed by atoms with Gasteiger partial charge in [-0.2, -0.15) is 0 Å². The molecule has 0 fully saturated rings. The van der Waals surface area contributed by atoms with E-state index >= 15 is 0 Å². The van der Waals surface area contributed by atoms with Crippen LogP contribution in [0.5, 0.6) is 0 Å². The highest BCUT2D eigenvalue weighted by Crippen LogP contribution is 2.31. The molecule has 1 heterocycles. The van der Waals surface area contributed by atoms with E-state index in [2.05, 4.69) is 43.9 Å². The molecule has 6 heteroatoms. The Hall–Kier alpha value is -0.880. The third-order valence-electron chi connectivity index (χ3n) is 3.79. The molecule has 0 spiro atoms. The molecule has 0 radical (unpaired) electrons. The van der Waals surface area contributed by atoms with Crippen molar-refractivity contribution in [2.24, 2.45) is 5.41 Å². The molecule has 2 atom stereocenters. The van der Waals surface area contributed by atoms with Gasteiger partial charge < -0.3 is 0 Å². The summed E-state index contributed by atoms with van der Waals surface area (Å²) in [6.45, 7) is 15.3. The Balaban J connectivity index is 3.17. The van der Waals surface area contributed by atoms with E-state index in [4.69, 9.17) is 0 Å². The van der Waals surface area contributed by atoms with Crippen molar-refractivity contribution in [1.82, 2.24) is 19.3 Å². The maximum atomic E-state index is 12.5. The zero-order valence-electron chi connectivity index (χ0n) is 14.7. The normalized spacial score (nSPS) is 17.8. The second kappa shape index (κ2) is 5.72. The Bertz CT molecular complexity index is 576. The van der Waals surface area contributed by atoms with E-state index in [9.17, 15) is 4.21 Å². The number of hydrogen-bond acceptors (Lipinski definition) is 3. The van der Waals surface area contributed by atoms with Crippen LogP contribution in [0.15, 0.2) is 6.20 Å². The topological polar surface area (TPSA) is 51.0 Å². The van der Waals surface area contributed by atoms with Crippen LogP contribution in [-0.2, 0) is 16.3 Å². The summed E-state index contributed by atoms with van der Waals surface area (Å²) < 4.78 is 16.4. The van der Waals surface area contributed by atoms with Crippen LogP contribution in [0.4, 0.5) is 0 Å². The van der Waals surface area contributed by atoms with Gasteiger partial charge in [-0.1, -0.05) is 26.0 Å². The SMILES string of the molecule is C=S(C)(=O)N(Cc1cnnn1C(C)C(C)(C)C)C(C)(C)C. The minimum atomic E-state index is -2.31. The van der Waals surface area contributed by atoms with E-state index in [0.717, 1.165) is 5.69 Å². The first-order valence-electron chi connectivity index (χ1n) is 7.23. The van der Waals surface area contributed by atoms with Crippen molar-refractivity contribution in [1.29, 1.82) is 0 Å². The highest BCUT2D eigenvalue weighted by atomic mass is 32.2. The predicted molar refractivity (Wildman–Crippen MR) is 90.7 cm³/mol. The first-order chi connectivity index (χ1) is 9.24. The summed E-state index contributed by atoms with van der Waals surface area (Å²) in [5.41, 5.74) is 0.798. The van der Waals surface area contributed by atoms with Crippen molar-refractivity contribution < 1.29 is 4.21 Å². The summed E-state index contributed by atoms with van der Waals surface area (Å²) in [7, 11) is -2.31. The monoisotopic (exact) mass is 314 g/mol. The van der Waals surface area contributed by atoms with Crippen molar-refractivity contribution >= 4 is 15.6 Å². The molecule has 5 nitrogen and oxygen atoms in total. The molecular weight excluding hydrogens is 284 g/mol. The van der Waals surface area contributed by atoms with E-state index in [1.165, 1.54) is 0 Å². The van der Waals surface area contributed by atoms with E-state index in [1.807, 2.05) is 29.8 Å². The second-order valence-corrected chi connectivity index (χ2v) is 10.2. The largest absolute Gasteiger partial charge is 0.253 e. The molecule has 0 saturated heterocycles. The van der Waals surface area contributed by atoms with Crippen LogP contribution in [-0.4, -0.2) is 41.2 Å². The van der Waals surface area contributed by atoms with Gasteiger partial charge in [0.2, 0.25) is 0 Å². The zero-order valence-corrected chi connectivity index (χ0v) is 15.5. The molecule has 1 rings (SSSR count). The third-order valence-corrected chi connectivity index (χ3v) is 5.40. The van der Waals surface area contributed by atoms with Crippen LogP contribution in [0, 0.1) is 5.41 Å². The molecule has 0 bridgehead atoms. The van der Waals surface area contributed by atoms with E-state index in [0.29, 0.717) is 6.54 Å². The maximum Gasteiger partial charge on any atom is 0.0741 e. The summed E-state index contributed by atoms with van der Waals surface area (Å²) >= 11 is 0. The van der Waals surface area contributed by atoms with E-state index in [1.54, 1.807) is 12.5 Å². The van der Waals surface area contributed by atoms with Crippen LogP contribution in [0.1, 0.15) is 60.2 Å². The summed E-state index contributed by atoms with van der Waals surface area (Å²) in [5.74, 6) is 3.84. The van der Waals surface area contributed by atoms with Gasteiger partial charge in [-0.05, 0) is 39.0 Å². The lowest BCUT2D eigenvalue weighted by molar-refractivity contribution is 0.215. The lowest BCUT2D eigenvalue weighted by Crippen LogP contribution is -2.44. The fourth-order valence-corrected chi connectivity index (χ4v) is 3.74. The summed E-state index contributed by atoms with van der Waals surface area (Å²) in [4.78, 5) is 0. The minimum absolute atomic E-state index is 0.0765. The third kappa shape index (κ3) is 4.54. The Labute approximate surface area is 129 Å². The van der Waals surface area contributed by atoms with Crippen LogP contribution in [0.3, 0.4) is 0 Å². The molecule has 0 aromatic carbocycles. The zero-order chi connectivity index (χ0) is 16.6. The fraction of sp³-hybridized carbons (Fsp3) is 0.800. The lowest BCUT2D eigenvalue weighted by Gasteiger charge is -2.37. The molecule has 0 aliphatic heterocycles. The molecule has 1 aromatic rings. The molecule has 0 aliphatic rings. The van der Waals surface area contributed by atoms with Crippen molar-refractivity contribution in [2.45, 2.75) is 66.6 Å². The Morgan fingerprint density at radius 2 is 1.86 bits per heavy atom. The lowest BCUT2D eigenvalue weighted by atomic mass is 9.88. The molecule has 1 aromatic heterocycles. The van der Waals surface area contributed by atoms with E-state index in [-0.39, 0.29) is 17.0 Å². The van der Waals surface area contributed by atoms with Crippen LogP contribution in [0.2, 0.25) is 0 Å². The molecule has 0 aliphatic carbocycles. The number of hydrogen-bond donors (Lipinski definition) is 0. The van der Waals surface area contributed by atoms with Gasteiger partial charge >= 0.3 is 0 Å². The second-order valence-electron chi connectivity index (χ2n) is 7.88. The highest BCUT2D eigenvalue weighted by molar-refractivity contribution is 7.97. The standard InChI is InChI=1S/C15H30N4OS/c1-12(14(2,3)4)19-13(10-16-17-19)11-18(15(5,6)7)21(8,9)20/h10,12H,8,11H2,1-7,9H3.